The minimum absolute atomic E-state index is 0.0785. The lowest BCUT2D eigenvalue weighted by Gasteiger charge is -2.31. The van der Waals surface area contributed by atoms with Gasteiger partial charge in [0, 0.05) is 12.6 Å². The van der Waals surface area contributed by atoms with E-state index in [0.29, 0.717) is 29.4 Å². The fourth-order valence-corrected chi connectivity index (χ4v) is 2.95. The Kier molecular flexibility index (Phi) is 5.40. The van der Waals surface area contributed by atoms with E-state index in [9.17, 15) is 14.4 Å². The number of anilines is 3. The highest BCUT2D eigenvalue weighted by Gasteiger charge is 2.28. The molecule has 0 spiro atoms. The van der Waals surface area contributed by atoms with Crippen LogP contribution in [0, 0.1) is 0 Å². The summed E-state index contributed by atoms with van der Waals surface area (Å²) in [7, 11) is 0. The molecule has 2 aromatic rings. The zero-order chi connectivity index (χ0) is 19.4. The molecule has 7 nitrogen and oxygen atoms in total. The highest BCUT2D eigenvalue weighted by atomic mass is 16.5. The number of carbonyl (C=O) groups excluding carboxylic acids is 3. The summed E-state index contributed by atoms with van der Waals surface area (Å²) >= 11 is 0. The van der Waals surface area contributed by atoms with Gasteiger partial charge in [0.05, 0.1) is 18.0 Å². The van der Waals surface area contributed by atoms with E-state index < -0.39 is 0 Å². The fraction of sp³-hybridized carbons (Fsp3) is 0.250. The lowest BCUT2D eigenvalue weighted by atomic mass is 10.2. The molecule has 0 bridgehead atoms. The molecule has 1 aliphatic heterocycles. The van der Waals surface area contributed by atoms with E-state index in [1.807, 2.05) is 6.92 Å². The van der Waals surface area contributed by atoms with E-state index in [2.05, 4.69) is 5.32 Å². The van der Waals surface area contributed by atoms with Gasteiger partial charge in [-0.25, -0.2) is 0 Å². The van der Waals surface area contributed by atoms with Crippen molar-refractivity contribution >= 4 is 34.8 Å². The second-order valence-electron chi connectivity index (χ2n) is 6.08. The van der Waals surface area contributed by atoms with E-state index in [1.54, 1.807) is 48.5 Å². The molecule has 3 rings (SSSR count). The van der Waals surface area contributed by atoms with Crippen LogP contribution in [0.2, 0.25) is 0 Å². The number of carbonyl (C=O) groups is 3. The first-order chi connectivity index (χ1) is 13.0. The first-order valence-electron chi connectivity index (χ1n) is 8.69. The molecule has 2 aromatic carbocycles. The van der Waals surface area contributed by atoms with Gasteiger partial charge in [0.25, 0.3) is 0 Å². The van der Waals surface area contributed by atoms with Crippen LogP contribution in [0.1, 0.15) is 13.8 Å². The summed E-state index contributed by atoms with van der Waals surface area (Å²) in [6, 6.07) is 14.1. The van der Waals surface area contributed by atoms with Crippen LogP contribution in [0.4, 0.5) is 17.1 Å². The summed E-state index contributed by atoms with van der Waals surface area (Å²) in [4.78, 5) is 39.7. The van der Waals surface area contributed by atoms with Crippen LogP contribution in [-0.2, 0) is 14.4 Å². The Bertz CT molecular complexity index is 864. The molecule has 0 atom stereocenters. The Labute approximate surface area is 157 Å². The first-order valence-corrected chi connectivity index (χ1v) is 8.69. The Morgan fingerprint density at radius 2 is 1.85 bits per heavy atom. The van der Waals surface area contributed by atoms with Crippen LogP contribution in [0.15, 0.2) is 48.5 Å². The molecular weight excluding hydrogens is 346 g/mol. The SMILES string of the molecule is CCOc1ccc(N(CC(=O)N2CC(=O)Nc3ccccc32)C(C)=O)cc1. The van der Waals surface area contributed by atoms with Crippen LogP contribution in [0.25, 0.3) is 0 Å². The predicted molar refractivity (Wildman–Crippen MR) is 103 cm³/mol. The van der Waals surface area contributed by atoms with Gasteiger partial charge in [-0.2, -0.15) is 0 Å². The van der Waals surface area contributed by atoms with Crippen molar-refractivity contribution in [1.29, 1.82) is 0 Å². The van der Waals surface area contributed by atoms with Gasteiger partial charge in [0.2, 0.25) is 17.7 Å². The van der Waals surface area contributed by atoms with Crippen LogP contribution in [0.5, 0.6) is 5.75 Å². The molecule has 1 N–H and O–H groups in total. The molecule has 0 saturated heterocycles. The monoisotopic (exact) mass is 367 g/mol. The largest absolute Gasteiger partial charge is 0.494 e. The molecule has 27 heavy (non-hydrogen) atoms. The minimum atomic E-state index is -0.332. The number of fused-ring (bicyclic) bond motifs is 1. The highest BCUT2D eigenvalue weighted by Crippen LogP contribution is 2.29. The number of amides is 3. The predicted octanol–water partition coefficient (Wildman–Crippen LogP) is 2.42. The van der Waals surface area contributed by atoms with Crippen molar-refractivity contribution in [1.82, 2.24) is 0 Å². The molecule has 3 amide bonds. The van der Waals surface area contributed by atoms with Crippen LogP contribution in [-0.4, -0.2) is 37.4 Å². The molecular formula is C20H21N3O4. The Hall–Kier alpha value is -3.35. The number of ether oxygens (including phenoxy) is 1. The van der Waals surface area contributed by atoms with Crippen molar-refractivity contribution in [2.45, 2.75) is 13.8 Å². The Morgan fingerprint density at radius 3 is 2.52 bits per heavy atom. The van der Waals surface area contributed by atoms with Gasteiger partial charge < -0.3 is 15.0 Å². The summed E-state index contributed by atoms with van der Waals surface area (Å²) < 4.78 is 5.41. The van der Waals surface area contributed by atoms with E-state index in [0.717, 1.165) is 0 Å². The second kappa shape index (κ2) is 7.90. The summed E-state index contributed by atoms with van der Waals surface area (Å²) in [5.41, 5.74) is 1.80. The van der Waals surface area contributed by atoms with Gasteiger partial charge in [-0.1, -0.05) is 12.1 Å². The Balaban J connectivity index is 1.82. The maximum Gasteiger partial charge on any atom is 0.247 e. The second-order valence-corrected chi connectivity index (χ2v) is 6.08. The standard InChI is InChI=1S/C20H21N3O4/c1-3-27-16-10-8-15(9-11-16)22(14(2)24)13-20(26)23-12-19(25)21-17-6-4-5-7-18(17)23/h4-11H,3,12-13H2,1-2H3,(H,21,25). The molecule has 0 aliphatic carbocycles. The number of hydrogen-bond donors (Lipinski definition) is 1. The van der Waals surface area contributed by atoms with Crippen LogP contribution < -0.4 is 19.9 Å². The van der Waals surface area contributed by atoms with Crippen molar-refractivity contribution in [3.63, 3.8) is 0 Å². The quantitative estimate of drug-likeness (QED) is 0.880. The summed E-state index contributed by atoms with van der Waals surface area (Å²) in [6.45, 7) is 3.60. The molecule has 0 radical (unpaired) electrons. The third kappa shape index (κ3) is 4.08. The minimum Gasteiger partial charge on any atom is -0.494 e. The molecule has 0 unspecified atom stereocenters. The van der Waals surface area contributed by atoms with Crippen LogP contribution in [0.3, 0.4) is 0 Å². The topological polar surface area (TPSA) is 79.0 Å². The third-order valence-electron chi connectivity index (χ3n) is 4.20. The molecule has 7 heteroatoms. The normalized spacial score (nSPS) is 12.8. The zero-order valence-electron chi connectivity index (χ0n) is 15.3. The van der Waals surface area contributed by atoms with Crippen molar-refractivity contribution in [3.05, 3.63) is 48.5 Å². The number of para-hydroxylation sites is 2. The van der Waals surface area contributed by atoms with Crippen molar-refractivity contribution in [3.8, 4) is 5.75 Å². The number of nitrogens with zero attached hydrogens (tertiary/aromatic N) is 2. The summed E-state index contributed by atoms with van der Waals surface area (Å²) in [5, 5.41) is 2.74. The molecule has 0 fully saturated rings. The third-order valence-corrected chi connectivity index (χ3v) is 4.20. The van der Waals surface area contributed by atoms with Crippen molar-refractivity contribution in [2.24, 2.45) is 0 Å². The van der Waals surface area contributed by atoms with Gasteiger partial charge in [-0.05, 0) is 43.3 Å². The maximum atomic E-state index is 12.9. The smallest absolute Gasteiger partial charge is 0.247 e. The van der Waals surface area contributed by atoms with Gasteiger partial charge in [0.15, 0.2) is 0 Å². The molecule has 140 valence electrons. The van der Waals surface area contributed by atoms with E-state index in [1.165, 1.54) is 16.7 Å². The number of nitrogens with one attached hydrogen (secondary N) is 1. The lowest BCUT2D eigenvalue weighted by Crippen LogP contribution is -2.47. The van der Waals surface area contributed by atoms with E-state index in [-0.39, 0.29) is 30.8 Å². The van der Waals surface area contributed by atoms with E-state index >= 15 is 0 Å². The number of rotatable bonds is 5. The van der Waals surface area contributed by atoms with E-state index in [4.69, 9.17) is 4.74 Å². The zero-order valence-corrected chi connectivity index (χ0v) is 15.3. The first kappa shape index (κ1) is 18.4. The van der Waals surface area contributed by atoms with Crippen molar-refractivity contribution < 1.29 is 19.1 Å². The van der Waals surface area contributed by atoms with Gasteiger partial charge in [-0.3, -0.25) is 19.3 Å². The van der Waals surface area contributed by atoms with Gasteiger partial charge in [0.1, 0.15) is 18.8 Å². The highest BCUT2D eigenvalue weighted by molar-refractivity contribution is 6.12. The fourth-order valence-electron chi connectivity index (χ4n) is 2.95. The van der Waals surface area contributed by atoms with Gasteiger partial charge in [-0.15, -0.1) is 0 Å². The molecule has 0 aromatic heterocycles. The molecule has 0 saturated carbocycles. The number of benzene rings is 2. The van der Waals surface area contributed by atoms with Crippen LogP contribution >= 0.6 is 0 Å². The average Bonchev–Trinajstić information content (AvgIpc) is 2.66. The lowest BCUT2D eigenvalue weighted by molar-refractivity contribution is -0.122. The maximum absolute atomic E-state index is 12.9. The summed E-state index contributed by atoms with van der Waals surface area (Å²) in [5.74, 6) is -0.168. The average molecular weight is 367 g/mol. The van der Waals surface area contributed by atoms with Gasteiger partial charge >= 0.3 is 0 Å². The molecule has 1 aliphatic rings. The molecule has 1 heterocycles. The number of hydrogen-bond acceptors (Lipinski definition) is 4. The van der Waals surface area contributed by atoms with Crippen molar-refractivity contribution in [2.75, 3.05) is 34.8 Å². The Morgan fingerprint density at radius 1 is 1.15 bits per heavy atom. The summed E-state index contributed by atoms with van der Waals surface area (Å²) in [6.07, 6.45) is 0.